The number of hydrogen-bond acceptors (Lipinski definition) is 6. The highest BCUT2D eigenvalue weighted by Gasteiger charge is 2.69. The zero-order chi connectivity index (χ0) is 43.1. The van der Waals surface area contributed by atoms with Crippen LogP contribution in [0.15, 0.2) is 11.6 Å². The number of amides is 3. The average Bonchev–Trinajstić information content (AvgIpc) is 3.14. The van der Waals surface area contributed by atoms with E-state index in [0.29, 0.717) is 50.5 Å². The van der Waals surface area contributed by atoms with Gasteiger partial charge in [-0.25, -0.2) is 4.79 Å². The van der Waals surface area contributed by atoms with Crippen molar-refractivity contribution in [1.29, 1.82) is 0 Å². The Hall–Kier alpha value is -2.46. The fraction of sp³-hybridized carbons (Fsp3) is 0.875. The van der Waals surface area contributed by atoms with Crippen molar-refractivity contribution in [2.75, 3.05) is 6.54 Å². The summed E-state index contributed by atoms with van der Waals surface area (Å²) in [5.41, 5.74) is 6.80. The summed E-state index contributed by atoms with van der Waals surface area (Å²) < 4.78 is 0. The number of aliphatic carboxylic acids is 1. The number of carbonyl (C=O) groups is 4. The molecule has 0 unspecified atom stereocenters. The van der Waals surface area contributed by atoms with Gasteiger partial charge in [0.2, 0.25) is 17.7 Å². The van der Waals surface area contributed by atoms with Gasteiger partial charge < -0.3 is 31.9 Å². The van der Waals surface area contributed by atoms with Crippen LogP contribution in [0.1, 0.15) is 178 Å². The Morgan fingerprint density at radius 2 is 1.45 bits per heavy atom. The first kappa shape index (κ1) is 46.6. The molecular formula is C48H82N4O6. The first-order valence-electron chi connectivity index (χ1n) is 23.3. The highest BCUT2D eigenvalue weighted by atomic mass is 16.4. The van der Waals surface area contributed by atoms with Crippen molar-refractivity contribution in [3.05, 3.63) is 11.6 Å². The van der Waals surface area contributed by atoms with E-state index in [9.17, 15) is 24.6 Å². The Morgan fingerprint density at radius 3 is 2.09 bits per heavy atom. The summed E-state index contributed by atoms with van der Waals surface area (Å²) in [5.74, 6) is -1.36. The third-order valence-electron chi connectivity index (χ3n) is 17.6. The number of unbranched alkanes of at least 4 members (excludes halogenated alkanes) is 3. The lowest BCUT2D eigenvalue weighted by Crippen LogP contribution is -2.66. The molecule has 4 saturated carbocycles. The molecule has 58 heavy (non-hydrogen) atoms. The molecule has 0 spiro atoms. The van der Waals surface area contributed by atoms with E-state index >= 15 is 4.79 Å². The molecule has 5 rings (SSSR count). The van der Waals surface area contributed by atoms with Crippen LogP contribution < -0.4 is 21.7 Å². The minimum atomic E-state index is -1.09. The van der Waals surface area contributed by atoms with E-state index in [1.165, 1.54) is 5.57 Å². The number of carbonyl (C=O) groups excluding carboxylic acids is 3. The molecule has 5 aliphatic rings. The smallest absolute Gasteiger partial charge is 0.326 e. The number of carboxylic acid groups (broad SMARTS) is 1. The van der Waals surface area contributed by atoms with Crippen LogP contribution >= 0.6 is 0 Å². The Kier molecular flexibility index (Phi) is 14.1. The van der Waals surface area contributed by atoms with Crippen molar-refractivity contribution in [3.63, 3.8) is 0 Å². The van der Waals surface area contributed by atoms with E-state index in [0.717, 1.165) is 77.0 Å². The van der Waals surface area contributed by atoms with Crippen molar-refractivity contribution in [1.82, 2.24) is 16.0 Å². The number of nitrogens with one attached hydrogen (secondary N) is 3. The van der Waals surface area contributed by atoms with E-state index in [1.54, 1.807) is 0 Å². The Labute approximate surface area is 350 Å². The molecule has 3 amide bonds. The molecule has 0 aromatic rings. The van der Waals surface area contributed by atoms with Crippen LogP contribution in [0.4, 0.5) is 0 Å². The maximum atomic E-state index is 15.2. The maximum Gasteiger partial charge on any atom is 0.326 e. The number of aliphatic hydroxyl groups excluding tert-OH is 1. The summed E-state index contributed by atoms with van der Waals surface area (Å²) in [6.45, 7) is 23.0. The van der Waals surface area contributed by atoms with Gasteiger partial charge in [0.1, 0.15) is 18.1 Å². The lowest BCUT2D eigenvalue weighted by atomic mass is 9.33. The van der Waals surface area contributed by atoms with Crippen LogP contribution in [0, 0.1) is 56.2 Å². The average molecular weight is 811 g/mol. The molecule has 0 aromatic heterocycles. The van der Waals surface area contributed by atoms with Gasteiger partial charge in [-0.2, -0.15) is 0 Å². The van der Waals surface area contributed by atoms with Crippen LogP contribution in [0.2, 0.25) is 0 Å². The van der Waals surface area contributed by atoms with E-state index in [1.807, 2.05) is 20.8 Å². The standard InChI is InChI=1S/C48H82N4O6/c1-11-12-13-17-34(41(56)57)50-40(55)38(30(2)3)52-39(54)33(16-14-15-28-49)51-42(58)48-26-24-43(4,5)29-32(48)31-18-19-36-45(8)22-21-37(53)44(6,7)35(45)20-23-47(36,10)46(31,9)25-27-48/h18,30,32-38,53H,11-17,19-29,49H2,1-10H3,(H,50,55)(H,51,58)(H,52,54)(H,56,57)/t32-,33-,34-,35-,36+,37-,38-,45-,46+,47+,48-/m0/s1. The second-order valence-corrected chi connectivity index (χ2v) is 22.2. The summed E-state index contributed by atoms with van der Waals surface area (Å²) in [5, 5.41) is 30.0. The molecule has 5 aliphatic carbocycles. The molecule has 0 aromatic carbocycles. The van der Waals surface area contributed by atoms with Crippen LogP contribution in [0.5, 0.6) is 0 Å². The zero-order valence-electron chi connectivity index (χ0n) is 38.0. The topological polar surface area (TPSA) is 171 Å². The van der Waals surface area contributed by atoms with Gasteiger partial charge in [0.25, 0.3) is 0 Å². The lowest BCUT2D eigenvalue weighted by Gasteiger charge is -2.71. The molecule has 11 atom stereocenters. The minimum Gasteiger partial charge on any atom is -0.480 e. The molecule has 0 bridgehead atoms. The highest BCUT2D eigenvalue weighted by Crippen LogP contribution is 2.75. The number of allylic oxidation sites excluding steroid dienone is 2. The third kappa shape index (κ3) is 8.41. The fourth-order valence-corrected chi connectivity index (χ4v) is 13.6. The van der Waals surface area contributed by atoms with E-state index in [2.05, 4.69) is 70.5 Å². The summed E-state index contributed by atoms with van der Waals surface area (Å²) in [6, 6.07) is -2.84. The quantitative estimate of drug-likeness (QED) is 0.0677. The zero-order valence-corrected chi connectivity index (χ0v) is 38.0. The van der Waals surface area contributed by atoms with Crippen LogP contribution in [0.3, 0.4) is 0 Å². The van der Waals surface area contributed by atoms with Crippen molar-refractivity contribution in [3.8, 4) is 0 Å². The van der Waals surface area contributed by atoms with Gasteiger partial charge in [-0.15, -0.1) is 0 Å². The van der Waals surface area contributed by atoms with Crippen molar-refractivity contribution in [2.45, 2.75) is 203 Å². The largest absolute Gasteiger partial charge is 0.480 e. The molecule has 330 valence electrons. The number of aliphatic hydroxyl groups is 1. The second-order valence-electron chi connectivity index (χ2n) is 22.2. The Morgan fingerprint density at radius 1 is 0.793 bits per heavy atom. The van der Waals surface area contributed by atoms with Crippen LogP contribution in [-0.2, 0) is 19.2 Å². The molecule has 10 heteroatoms. The Balaban J connectivity index is 1.42. The molecule has 0 aliphatic heterocycles. The highest BCUT2D eigenvalue weighted by molar-refractivity contribution is 5.94. The van der Waals surface area contributed by atoms with Gasteiger partial charge in [-0.05, 0) is 147 Å². The fourth-order valence-electron chi connectivity index (χ4n) is 13.6. The number of carboxylic acids is 1. The molecule has 7 N–H and O–H groups in total. The molecular weight excluding hydrogens is 729 g/mol. The first-order valence-corrected chi connectivity index (χ1v) is 23.3. The maximum absolute atomic E-state index is 15.2. The summed E-state index contributed by atoms with van der Waals surface area (Å²) in [7, 11) is 0. The minimum absolute atomic E-state index is 0.0535. The van der Waals surface area contributed by atoms with Gasteiger partial charge in [0, 0.05) is 0 Å². The molecule has 0 radical (unpaired) electrons. The second kappa shape index (κ2) is 17.5. The van der Waals surface area contributed by atoms with Crippen molar-refractivity contribution in [2.24, 2.45) is 61.9 Å². The number of hydrogen-bond donors (Lipinski definition) is 6. The number of fused-ring (bicyclic) bond motifs is 7. The van der Waals surface area contributed by atoms with E-state index in [-0.39, 0.29) is 50.9 Å². The van der Waals surface area contributed by atoms with Crippen LogP contribution in [0.25, 0.3) is 0 Å². The van der Waals surface area contributed by atoms with Gasteiger partial charge in [0.05, 0.1) is 11.5 Å². The van der Waals surface area contributed by atoms with E-state index in [4.69, 9.17) is 5.73 Å². The normalized spacial score (nSPS) is 36.4. The first-order chi connectivity index (χ1) is 27.0. The predicted octanol–water partition coefficient (Wildman–Crippen LogP) is 8.05. The summed E-state index contributed by atoms with van der Waals surface area (Å²) >= 11 is 0. The Bertz CT molecular complexity index is 1560. The SMILES string of the molecule is CCCCC[C@H](NC(=O)[C@@H](NC(=O)[C@H](CCCCN)NC(=O)[C@]12CCC(C)(C)C[C@H]1C1=CC[C@@H]3[C@@]4(C)CC[C@H](O)C(C)(C)[C@@H]4CC[C@@]3(C)[C@]1(C)CC2)C(C)C)C(=O)O. The number of nitrogens with two attached hydrogens (primary N) is 1. The van der Waals surface area contributed by atoms with Crippen molar-refractivity contribution >= 4 is 23.7 Å². The number of rotatable bonds is 16. The predicted molar refractivity (Wildman–Crippen MR) is 230 cm³/mol. The molecule has 0 heterocycles. The van der Waals surface area contributed by atoms with Crippen LogP contribution in [-0.4, -0.2) is 64.7 Å². The summed E-state index contributed by atoms with van der Waals surface area (Å²) in [6.07, 6.45) is 16.3. The van der Waals surface area contributed by atoms with E-state index < -0.39 is 41.3 Å². The van der Waals surface area contributed by atoms with Gasteiger partial charge in [-0.1, -0.05) is 100 Å². The monoisotopic (exact) mass is 811 g/mol. The third-order valence-corrected chi connectivity index (χ3v) is 17.6. The lowest BCUT2D eigenvalue weighted by molar-refractivity contribution is -0.203. The summed E-state index contributed by atoms with van der Waals surface area (Å²) in [4.78, 5) is 55.1. The van der Waals surface area contributed by atoms with Gasteiger partial charge >= 0.3 is 5.97 Å². The van der Waals surface area contributed by atoms with Gasteiger partial charge in [-0.3, -0.25) is 14.4 Å². The molecule has 10 nitrogen and oxygen atoms in total. The van der Waals surface area contributed by atoms with Crippen molar-refractivity contribution < 1.29 is 29.4 Å². The van der Waals surface area contributed by atoms with Gasteiger partial charge in [0.15, 0.2) is 0 Å². The molecule has 0 saturated heterocycles. The molecule has 4 fully saturated rings.